The van der Waals surface area contributed by atoms with Crippen LogP contribution >= 0.6 is 0 Å². The largest absolute Gasteiger partial charge is 0.344 e. The Morgan fingerprint density at radius 2 is 1.89 bits per heavy atom. The molecular weight excluding hydrogens is 236 g/mol. The lowest BCUT2D eigenvalue weighted by Gasteiger charge is -2.19. The average molecular weight is 256 g/mol. The van der Waals surface area contributed by atoms with E-state index in [1.807, 2.05) is 31.2 Å². The van der Waals surface area contributed by atoms with Crippen molar-refractivity contribution in [1.82, 2.24) is 4.90 Å². The lowest BCUT2D eigenvalue weighted by Crippen LogP contribution is -2.37. The zero-order chi connectivity index (χ0) is 13.8. The minimum Gasteiger partial charge on any atom is -0.344 e. The number of carbonyl (C=O) groups is 1. The second-order valence-corrected chi connectivity index (χ2v) is 5.07. The quantitative estimate of drug-likeness (QED) is 0.911. The summed E-state index contributed by atoms with van der Waals surface area (Å²) in [5, 5.41) is 2.31. The Hall–Kier alpha value is -1.87. The third kappa shape index (κ3) is 3.32. The third-order valence-corrected chi connectivity index (χ3v) is 3.21. The SMILES string of the molecule is CC(N)CN(C)C(=O)Cc1cccc2ccccc12. The topological polar surface area (TPSA) is 46.3 Å². The van der Waals surface area contributed by atoms with E-state index >= 15 is 0 Å². The van der Waals surface area contributed by atoms with Crippen molar-refractivity contribution in [3.63, 3.8) is 0 Å². The average Bonchev–Trinajstić information content (AvgIpc) is 2.38. The third-order valence-electron chi connectivity index (χ3n) is 3.21. The van der Waals surface area contributed by atoms with Crippen molar-refractivity contribution in [2.75, 3.05) is 13.6 Å². The van der Waals surface area contributed by atoms with E-state index < -0.39 is 0 Å². The van der Waals surface area contributed by atoms with Crippen LogP contribution in [-0.4, -0.2) is 30.4 Å². The van der Waals surface area contributed by atoms with Gasteiger partial charge in [0.05, 0.1) is 6.42 Å². The number of amides is 1. The summed E-state index contributed by atoms with van der Waals surface area (Å²) in [5.41, 5.74) is 6.79. The molecule has 2 rings (SSSR count). The summed E-state index contributed by atoms with van der Waals surface area (Å²) in [6.07, 6.45) is 0.421. The molecule has 1 atom stereocenters. The van der Waals surface area contributed by atoms with Crippen LogP contribution in [0.1, 0.15) is 12.5 Å². The summed E-state index contributed by atoms with van der Waals surface area (Å²) in [5.74, 6) is 0.105. The monoisotopic (exact) mass is 256 g/mol. The Balaban J connectivity index is 2.19. The smallest absolute Gasteiger partial charge is 0.226 e. The van der Waals surface area contributed by atoms with Crippen LogP contribution in [0.5, 0.6) is 0 Å². The van der Waals surface area contributed by atoms with Crippen molar-refractivity contribution in [3.8, 4) is 0 Å². The van der Waals surface area contributed by atoms with Crippen LogP contribution in [-0.2, 0) is 11.2 Å². The van der Waals surface area contributed by atoms with Crippen molar-refractivity contribution >= 4 is 16.7 Å². The van der Waals surface area contributed by atoms with Gasteiger partial charge >= 0.3 is 0 Å². The van der Waals surface area contributed by atoms with E-state index in [1.165, 1.54) is 5.39 Å². The van der Waals surface area contributed by atoms with Crippen molar-refractivity contribution < 1.29 is 4.79 Å². The van der Waals surface area contributed by atoms with Crippen LogP contribution < -0.4 is 5.73 Å². The zero-order valence-corrected chi connectivity index (χ0v) is 11.5. The first-order valence-electron chi connectivity index (χ1n) is 6.54. The second-order valence-electron chi connectivity index (χ2n) is 5.07. The first kappa shape index (κ1) is 13.6. The highest BCUT2D eigenvalue weighted by atomic mass is 16.2. The van der Waals surface area contributed by atoms with Crippen LogP contribution in [0.25, 0.3) is 10.8 Å². The standard InChI is InChI=1S/C16H20N2O/c1-12(17)11-18(2)16(19)10-14-8-5-7-13-6-3-4-9-15(13)14/h3-9,12H,10-11,17H2,1-2H3. The number of nitrogens with two attached hydrogens (primary N) is 1. The molecule has 0 aliphatic heterocycles. The van der Waals surface area contributed by atoms with Crippen molar-refractivity contribution in [2.24, 2.45) is 5.73 Å². The van der Waals surface area contributed by atoms with Gasteiger partial charge in [-0.05, 0) is 23.3 Å². The molecule has 0 saturated heterocycles. The number of hydrogen-bond acceptors (Lipinski definition) is 2. The molecule has 0 aliphatic carbocycles. The number of likely N-dealkylation sites (N-methyl/N-ethyl adjacent to an activating group) is 1. The number of carbonyl (C=O) groups excluding carboxylic acids is 1. The number of hydrogen-bond donors (Lipinski definition) is 1. The summed E-state index contributed by atoms with van der Waals surface area (Å²) in [6.45, 7) is 2.49. The normalized spacial score (nSPS) is 12.4. The molecule has 0 aromatic heterocycles. The highest BCUT2D eigenvalue weighted by Gasteiger charge is 2.12. The molecular formula is C16H20N2O. The van der Waals surface area contributed by atoms with E-state index in [1.54, 1.807) is 11.9 Å². The van der Waals surface area contributed by atoms with Gasteiger partial charge in [0.2, 0.25) is 5.91 Å². The number of rotatable bonds is 4. The molecule has 3 heteroatoms. The first-order valence-corrected chi connectivity index (χ1v) is 6.54. The second kappa shape index (κ2) is 5.85. The van der Waals surface area contributed by atoms with Crippen LogP contribution in [0.3, 0.4) is 0 Å². The van der Waals surface area contributed by atoms with Gasteiger partial charge in [-0.25, -0.2) is 0 Å². The Labute approximate surface area is 114 Å². The van der Waals surface area contributed by atoms with Gasteiger partial charge in [-0.15, -0.1) is 0 Å². The van der Waals surface area contributed by atoms with Gasteiger partial charge in [-0.2, -0.15) is 0 Å². The van der Waals surface area contributed by atoms with Crippen LogP contribution in [0.15, 0.2) is 42.5 Å². The van der Waals surface area contributed by atoms with Gasteiger partial charge < -0.3 is 10.6 Å². The fraction of sp³-hybridized carbons (Fsp3) is 0.312. The maximum absolute atomic E-state index is 12.2. The Morgan fingerprint density at radius 3 is 2.63 bits per heavy atom. The summed E-state index contributed by atoms with van der Waals surface area (Å²) in [4.78, 5) is 13.9. The lowest BCUT2D eigenvalue weighted by molar-refractivity contribution is -0.129. The van der Waals surface area contributed by atoms with Crippen molar-refractivity contribution in [3.05, 3.63) is 48.0 Å². The number of benzene rings is 2. The minimum absolute atomic E-state index is 0.00136. The minimum atomic E-state index is 0.00136. The summed E-state index contributed by atoms with van der Waals surface area (Å²) >= 11 is 0. The Kier molecular flexibility index (Phi) is 4.17. The number of fused-ring (bicyclic) bond motifs is 1. The Morgan fingerprint density at radius 1 is 1.21 bits per heavy atom. The van der Waals surface area contributed by atoms with E-state index in [4.69, 9.17) is 5.73 Å². The predicted molar refractivity (Wildman–Crippen MR) is 78.9 cm³/mol. The molecule has 2 N–H and O–H groups in total. The Bertz CT molecular complexity index is 572. The van der Waals surface area contributed by atoms with Crippen molar-refractivity contribution in [2.45, 2.75) is 19.4 Å². The molecule has 0 spiro atoms. The van der Waals surface area contributed by atoms with Gasteiger partial charge in [-0.1, -0.05) is 42.5 Å². The van der Waals surface area contributed by atoms with Crippen LogP contribution in [0.2, 0.25) is 0 Å². The summed E-state index contributed by atoms with van der Waals surface area (Å²) < 4.78 is 0. The van der Waals surface area contributed by atoms with Gasteiger partial charge in [0, 0.05) is 19.6 Å². The predicted octanol–water partition coefficient (Wildman–Crippen LogP) is 2.19. The van der Waals surface area contributed by atoms with Crippen LogP contribution in [0, 0.1) is 0 Å². The molecule has 100 valence electrons. The van der Waals surface area contributed by atoms with Gasteiger partial charge in [0.25, 0.3) is 0 Å². The molecule has 19 heavy (non-hydrogen) atoms. The molecule has 1 amide bonds. The van der Waals surface area contributed by atoms with Gasteiger partial charge in [-0.3, -0.25) is 4.79 Å². The highest BCUT2D eigenvalue weighted by Crippen LogP contribution is 2.19. The number of nitrogens with zero attached hydrogens (tertiary/aromatic N) is 1. The molecule has 0 aliphatic rings. The molecule has 0 fully saturated rings. The van der Waals surface area contributed by atoms with E-state index in [-0.39, 0.29) is 11.9 Å². The fourth-order valence-corrected chi connectivity index (χ4v) is 2.28. The molecule has 0 heterocycles. The molecule has 0 saturated carbocycles. The first-order chi connectivity index (χ1) is 9.08. The maximum atomic E-state index is 12.2. The lowest BCUT2D eigenvalue weighted by atomic mass is 10.0. The fourth-order valence-electron chi connectivity index (χ4n) is 2.28. The van der Waals surface area contributed by atoms with Crippen LogP contribution in [0.4, 0.5) is 0 Å². The van der Waals surface area contributed by atoms with E-state index in [0.29, 0.717) is 13.0 Å². The molecule has 0 bridgehead atoms. The highest BCUT2D eigenvalue weighted by molar-refractivity contribution is 5.90. The summed E-state index contributed by atoms with van der Waals surface area (Å²) in [7, 11) is 1.80. The molecule has 3 nitrogen and oxygen atoms in total. The van der Waals surface area contributed by atoms with E-state index in [0.717, 1.165) is 10.9 Å². The molecule has 1 unspecified atom stereocenters. The van der Waals surface area contributed by atoms with Crippen molar-refractivity contribution in [1.29, 1.82) is 0 Å². The summed E-state index contributed by atoms with van der Waals surface area (Å²) in [6, 6.07) is 14.2. The zero-order valence-electron chi connectivity index (χ0n) is 11.5. The molecule has 2 aromatic rings. The molecule has 0 radical (unpaired) electrons. The molecule has 2 aromatic carbocycles. The maximum Gasteiger partial charge on any atom is 0.226 e. The van der Waals surface area contributed by atoms with Gasteiger partial charge in [0.1, 0.15) is 0 Å². The van der Waals surface area contributed by atoms with E-state index in [9.17, 15) is 4.79 Å². The van der Waals surface area contributed by atoms with E-state index in [2.05, 4.69) is 18.2 Å². The van der Waals surface area contributed by atoms with Gasteiger partial charge in [0.15, 0.2) is 0 Å².